The van der Waals surface area contributed by atoms with Gasteiger partial charge in [-0.3, -0.25) is 9.59 Å². The van der Waals surface area contributed by atoms with Crippen LogP contribution in [0.1, 0.15) is 31.8 Å². The Morgan fingerprint density at radius 3 is 1.35 bits per heavy atom. The summed E-state index contributed by atoms with van der Waals surface area (Å²) in [5.74, 6) is 0.896. The third-order valence-electron chi connectivity index (χ3n) is 6.07. The first-order chi connectivity index (χ1) is 19.5. The quantitative estimate of drug-likeness (QED) is 0.158. The van der Waals surface area contributed by atoms with Gasteiger partial charge in [0.05, 0.1) is 22.2 Å². The van der Waals surface area contributed by atoms with Crippen molar-refractivity contribution in [3.05, 3.63) is 128 Å². The molecule has 0 aliphatic heterocycles. The summed E-state index contributed by atoms with van der Waals surface area (Å²) < 4.78 is 13.1. The van der Waals surface area contributed by atoms with Crippen LogP contribution in [0.2, 0.25) is 0 Å². The Balaban J connectivity index is 1.17. The summed E-state index contributed by atoms with van der Waals surface area (Å²) in [6, 6.07) is 30.7. The molecule has 2 amide bonds. The van der Waals surface area contributed by atoms with E-state index in [-0.39, 0.29) is 11.8 Å². The lowest BCUT2D eigenvalue weighted by Gasteiger charge is -2.11. The van der Waals surface area contributed by atoms with Crippen LogP contribution in [0.3, 0.4) is 0 Å². The number of carbonyl (C=O) groups excluding carboxylic acids is 2. The van der Waals surface area contributed by atoms with Gasteiger partial charge in [-0.2, -0.15) is 0 Å². The van der Waals surface area contributed by atoms with Crippen molar-refractivity contribution in [2.45, 2.75) is 12.8 Å². The molecule has 4 aromatic rings. The number of ether oxygens (including phenoxy) is 2. The van der Waals surface area contributed by atoms with E-state index < -0.39 is 0 Å². The SMILES string of the molecule is O=C(NCCNC(=O)c1ccc(OCCc2ccccc2)c(Br)c1)c1ccc(OCCc2ccccc2)c(Br)c1. The number of hydrogen-bond donors (Lipinski definition) is 2. The van der Waals surface area contributed by atoms with E-state index in [1.807, 2.05) is 36.4 Å². The van der Waals surface area contributed by atoms with Gasteiger partial charge in [0.2, 0.25) is 0 Å². The zero-order valence-corrected chi connectivity index (χ0v) is 25.0. The predicted molar refractivity (Wildman–Crippen MR) is 164 cm³/mol. The van der Waals surface area contributed by atoms with Gasteiger partial charge in [0.25, 0.3) is 11.8 Å². The summed E-state index contributed by atoms with van der Waals surface area (Å²) in [6.45, 7) is 1.65. The first kappa shape index (κ1) is 29.4. The highest BCUT2D eigenvalue weighted by Gasteiger charge is 2.11. The van der Waals surface area contributed by atoms with Crippen LogP contribution in [0.4, 0.5) is 0 Å². The second kappa shape index (κ2) is 15.2. The van der Waals surface area contributed by atoms with Crippen molar-refractivity contribution in [1.82, 2.24) is 10.6 Å². The van der Waals surface area contributed by atoms with E-state index in [0.29, 0.717) is 57.9 Å². The molecule has 0 radical (unpaired) electrons. The Morgan fingerprint density at radius 2 is 0.975 bits per heavy atom. The molecule has 40 heavy (non-hydrogen) atoms. The molecule has 4 aromatic carbocycles. The Kier molecular flexibility index (Phi) is 11.2. The lowest BCUT2D eigenvalue weighted by atomic mass is 10.2. The first-order valence-electron chi connectivity index (χ1n) is 13.0. The molecule has 0 bridgehead atoms. The molecule has 0 heterocycles. The van der Waals surface area contributed by atoms with Gasteiger partial charge in [-0.1, -0.05) is 60.7 Å². The Labute approximate surface area is 251 Å². The monoisotopic (exact) mass is 664 g/mol. The fourth-order valence-corrected chi connectivity index (χ4v) is 4.91. The van der Waals surface area contributed by atoms with Crippen molar-refractivity contribution in [2.75, 3.05) is 26.3 Å². The third kappa shape index (κ3) is 8.96. The summed E-state index contributed by atoms with van der Waals surface area (Å²) >= 11 is 6.98. The highest BCUT2D eigenvalue weighted by atomic mass is 79.9. The average molecular weight is 666 g/mol. The van der Waals surface area contributed by atoms with Crippen LogP contribution in [0.5, 0.6) is 11.5 Å². The van der Waals surface area contributed by atoms with Crippen LogP contribution in [0, 0.1) is 0 Å². The molecule has 0 atom stereocenters. The van der Waals surface area contributed by atoms with Crippen molar-refractivity contribution in [3.8, 4) is 11.5 Å². The van der Waals surface area contributed by atoms with Crippen LogP contribution in [-0.2, 0) is 12.8 Å². The van der Waals surface area contributed by atoms with Gasteiger partial charge in [0.15, 0.2) is 0 Å². The molecule has 0 aliphatic carbocycles. The standard InChI is InChI=1S/C32H30Br2N2O4/c33-27-21-25(11-13-29(27)39-19-15-23-7-3-1-4-8-23)31(37)35-17-18-36-32(38)26-12-14-30(28(34)22-26)40-20-16-24-9-5-2-6-10-24/h1-14,21-22H,15-20H2,(H,35,37)(H,36,38). The fourth-order valence-electron chi connectivity index (χ4n) is 3.92. The minimum atomic E-state index is -0.231. The summed E-state index contributed by atoms with van der Waals surface area (Å²) in [5.41, 5.74) is 3.41. The smallest absolute Gasteiger partial charge is 0.251 e. The van der Waals surface area contributed by atoms with E-state index in [9.17, 15) is 9.59 Å². The van der Waals surface area contributed by atoms with Gasteiger partial charge in [-0.25, -0.2) is 0 Å². The molecular weight excluding hydrogens is 636 g/mol. The predicted octanol–water partition coefficient (Wildman–Crippen LogP) is 6.61. The average Bonchev–Trinajstić information content (AvgIpc) is 2.98. The Morgan fingerprint density at radius 1 is 0.575 bits per heavy atom. The Bertz CT molecular complexity index is 1310. The molecule has 8 heteroatoms. The van der Waals surface area contributed by atoms with Gasteiger partial charge in [-0.05, 0) is 79.4 Å². The number of nitrogens with one attached hydrogen (secondary N) is 2. The molecular formula is C32H30Br2N2O4. The zero-order valence-electron chi connectivity index (χ0n) is 21.9. The number of hydrogen-bond acceptors (Lipinski definition) is 4. The van der Waals surface area contributed by atoms with Crippen molar-refractivity contribution in [3.63, 3.8) is 0 Å². The first-order valence-corrected chi connectivity index (χ1v) is 14.6. The van der Waals surface area contributed by atoms with Crippen LogP contribution in [-0.4, -0.2) is 38.1 Å². The van der Waals surface area contributed by atoms with Crippen molar-refractivity contribution < 1.29 is 19.1 Å². The maximum atomic E-state index is 12.6. The van der Waals surface area contributed by atoms with E-state index in [1.165, 1.54) is 11.1 Å². The molecule has 6 nitrogen and oxygen atoms in total. The molecule has 0 unspecified atom stereocenters. The Hall–Kier alpha value is -3.62. The molecule has 2 N–H and O–H groups in total. The molecule has 0 saturated carbocycles. The van der Waals surface area contributed by atoms with Crippen LogP contribution in [0.25, 0.3) is 0 Å². The zero-order chi connectivity index (χ0) is 28.2. The van der Waals surface area contributed by atoms with E-state index in [2.05, 4.69) is 66.8 Å². The van der Waals surface area contributed by atoms with E-state index in [4.69, 9.17) is 9.47 Å². The van der Waals surface area contributed by atoms with Gasteiger partial charge in [-0.15, -0.1) is 0 Å². The molecule has 0 aliphatic rings. The number of rotatable bonds is 13. The van der Waals surface area contributed by atoms with Gasteiger partial charge in [0.1, 0.15) is 11.5 Å². The maximum absolute atomic E-state index is 12.6. The number of amides is 2. The van der Waals surface area contributed by atoms with Crippen LogP contribution < -0.4 is 20.1 Å². The van der Waals surface area contributed by atoms with Crippen molar-refractivity contribution in [1.29, 1.82) is 0 Å². The van der Waals surface area contributed by atoms with Gasteiger partial charge in [0, 0.05) is 37.1 Å². The number of carbonyl (C=O) groups is 2. The van der Waals surface area contributed by atoms with Crippen LogP contribution >= 0.6 is 31.9 Å². The number of benzene rings is 4. The summed E-state index contributed by atoms with van der Waals surface area (Å²) in [6.07, 6.45) is 1.59. The third-order valence-corrected chi connectivity index (χ3v) is 7.31. The van der Waals surface area contributed by atoms with Gasteiger partial charge >= 0.3 is 0 Å². The molecule has 0 fully saturated rings. The largest absolute Gasteiger partial charge is 0.492 e. The van der Waals surface area contributed by atoms with E-state index in [1.54, 1.807) is 36.4 Å². The highest BCUT2D eigenvalue weighted by Crippen LogP contribution is 2.27. The van der Waals surface area contributed by atoms with Crippen molar-refractivity contribution >= 4 is 43.7 Å². The summed E-state index contributed by atoms with van der Waals surface area (Å²) in [7, 11) is 0. The van der Waals surface area contributed by atoms with Crippen LogP contribution in [0.15, 0.2) is 106 Å². The summed E-state index contributed by atoms with van der Waals surface area (Å²) in [4.78, 5) is 25.2. The second-order valence-electron chi connectivity index (χ2n) is 8.97. The molecule has 4 rings (SSSR count). The van der Waals surface area contributed by atoms with E-state index >= 15 is 0 Å². The van der Waals surface area contributed by atoms with Gasteiger partial charge < -0.3 is 20.1 Å². The highest BCUT2D eigenvalue weighted by molar-refractivity contribution is 9.10. The molecule has 0 saturated heterocycles. The normalized spacial score (nSPS) is 10.6. The molecule has 0 spiro atoms. The fraction of sp³-hybridized carbons (Fsp3) is 0.188. The number of halogens is 2. The lowest BCUT2D eigenvalue weighted by Crippen LogP contribution is -2.34. The minimum absolute atomic E-state index is 0.231. The minimum Gasteiger partial charge on any atom is -0.492 e. The molecule has 0 aromatic heterocycles. The van der Waals surface area contributed by atoms with E-state index in [0.717, 1.165) is 12.8 Å². The topological polar surface area (TPSA) is 76.7 Å². The van der Waals surface area contributed by atoms with Crippen molar-refractivity contribution in [2.24, 2.45) is 0 Å². The lowest BCUT2D eigenvalue weighted by molar-refractivity contribution is 0.0927. The summed E-state index contributed by atoms with van der Waals surface area (Å²) in [5, 5.41) is 5.66. The second-order valence-corrected chi connectivity index (χ2v) is 10.7. The molecule has 206 valence electrons. The maximum Gasteiger partial charge on any atom is 0.251 e.